The molecular formula is C12H17BrN2. The summed E-state index contributed by atoms with van der Waals surface area (Å²) >= 11 is 3.64. The summed E-state index contributed by atoms with van der Waals surface area (Å²) in [5.74, 6) is 0. The summed E-state index contributed by atoms with van der Waals surface area (Å²) in [6.07, 6.45) is 1.19. The van der Waals surface area contributed by atoms with E-state index >= 15 is 0 Å². The van der Waals surface area contributed by atoms with Crippen LogP contribution in [0, 0.1) is 0 Å². The van der Waals surface area contributed by atoms with Gasteiger partial charge in [-0.25, -0.2) is 0 Å². The molecule has 2 rings (SSSR count). The number of fused-ring (bicyclic) bond motifs is 1. The first-order chi connectivity index (χ1) is 7.20. The van der Waals surface area contributed by atoms with E-state index in [2.05, 4.69) is 58.2 Å². The number of anilines is 2. The van der Waals surface area contributed by atoms with Gasteiger partial charge in [-0.15, -0.1) is 0 Å². The lowest BCUT2D eigenvalue weighted by Crippen LogP contribution is -2.31. The van der Waals surface area contributed by atoms with Gasteiger partial charge in [-0.05, 0) is 48.3 Å². The Bertz CT molecular complexity index is 349. The molecule has 0 unspecified atom stereocenters. The third-order valence-electron chi connectivity index (χ3n) is 2.79. The second kappa shape index (κ2) is 4.44. The number of rotatable bonds is 1. The van der Waals surface area contributed by atoms with Crippen LogP contribution in [0.25, 0.3) is 0 Å². The van der Waals surface area contributed by atoms with E-state index < -0.39 is 0 Å². The van der Waals surface area contributed by atoms with Gasteiger partial charge >= 0.3 is 0 Å². The minimum atomic E-state index is 0.544. The number of nitrogens with one attached hydrogen (secondary N) is 1. The van der Waals surface area contributed by atoms with Crippen molar-refractivity contribution in [1.82, 2.24) is 0 Å². The van der Waals surface area contributed by atoms with E-state index in [0.29, 0.717) is 6.04 Å². The minimum Gasteiger partial charge on any atom is -0.383 e. The number of para-hydroxylation sites is 1. The van der Waals surface area contributed by atoms with Crippen molar-refractivity contribution in [3.63, 3.8) is 0 Å². The molecule has 1 aliphatic rings. The monoisotopic (exact) mass is 268 g/mol. The van der Waals surface area contributed by atoms with E-state index in [4.69, 9.17) is 0 Å². The number of benzene rings is 1. The maximum absolute atomic E-state index is 3.64. The largest absolute Gasteiger partial charge is 0.383 e. The summed E-state index contributed by atoms with van der Waals surface area (Å²) in [5.41, 5.74) is 2.56. The van der Waals surface area contributed by atoms with Crippen LogP contribution in [0.15, 0.2) is 22.7 Å². The molecule has 0 amide bonds. The Kier molecular flexibility index (Phi) is 3.19. The molecule has 0 bridgehead atoms. The van der Waals surface area contributed by atoms with Crippen molar-refractivity contribution in [1.29, 1.82) is 0 Å². The van der Waals surface area contributed by atoms with E-state index in [1.165, 1.54) is 22.3 Å². The van der Waals surface area contributed by atoms with Gasteiger partial charge in [0.2, 0.25) is 0 Å². The smallest absolute Gasteiger partial charge is 0.0748 e. The Morgan fingerprint density at radius 3 is 2.93 bits per heavy atom. The van der Waals surface area contributed by atoms with Gasteiger partial charge < -0.3 is 10.2 Å². The lowest BCUT2D eigenvalue weighted by atomic mass is 10.2. The SMILES string of the molecule is CC(C)N1CCCNc2cccc(Br)c21. The fraction of sp³-hybridized carbons (Fsp3) is 0.500. The standard InChI is InChI=1S/C12H17BrN2/c1-9(2)15-8-4-7-14-11-6-3-5-10(13)12(11)15/h3,5-6,9,14H,4,7-8H2,1-2H3. The predicted molar refractivity (Wildman–Crippen MR) is 69.7 cm³/mol. The summed E-state index contributed by atoms with van der Waals surface area (Å²) in [7, 11) is 0. The highest BCUT2D eigenvalue weighted by atomic mass is 79.9. The van der Waals surface area contributed by atoms with Crippen LogP contribution in [0.3, 0.4) is 0 Å². The van der Waals surface area contributed by atoms with Crippen molar-refractivity contribution in [3.05, 3.63) is 22.7 Å². The van der Waals surface area contributed by atoms with Crippen molar-refractivity contribution < 1.29 is 0 Å². The molecule has 1 N–H and O–H groups in total. The molecule has 0 spiro atoms. The zero-order valence-corrected chi connectivity index (χ0v) is 10.8. The fourth-order valence-corrected chi connectivity index (χ4v) is 2.64. The molecule has 0 saturated carbocycles. The van der Waals surface area contributed by atoms with Gasteiger partial charge in [-0.2, -0.15) is 0 Å². The minimum absolute atomic E-state index is 0.544. The van der Waals surface area contributed by atoms with E-state index in [1.807, 2.05) is 0 Å². The zero-order chi connectivity index (χ0) is 10.8. The normalized spacial score (nSPS) is 15.9. The molecule has 1 aromatic carbocycles. The van der Waals surface area contributed by atoms with Crippen LogP contribution < -0.4 is 10.2 Å². The second-order valence-corrected chi connectivity index (χ2v) is 5.06. The molecule has 0 radical (unpaired) electrons. The van der Waals surface area contributed by atoms with Crippen LogP contribution in [0.2, 0.25) is 0 Å². The third-order valence-corrected chi connectivity index (χ3v) is 3.43. The van der Waals surface area contributed by atoms with Crippen LogP contribution >= 0.6 is 15.9 Å². The van der Waals surface area contributed by atoms with Gasteiger partial charge in [0.25, 0.3) is 0 Å². The number of nitrogens with zero attached hydrogens (tertiary/aromatic N) is 1. The summed E-state index contributed by atoms with van der Waals surface area (Å²) in [6.45, 7) is 6.68. The number of hydrogen-bond donors (Lipinski definition) is 1. The van der Waals surface area contributed by atoms with Gasteiger partial charge in [0.05, 0.1) is 11.4 Å². The molecule has 0 aliphatic carbocycles. The van der Waals surface area contributed by atoms with Gasteiger partial charge in [0, 0.05) is 23.6 Å². The molecule has 0 fully saturated rings. The Morgan fingerprint density at radius 2 is 2.20 bits per heavy atom. The Labute approximate surface area is 99.8 Å². The molecule has 1 heterocycles. The Morgan fingerprint density at radius 1 is 1.40 bits per heavy atom. The van der Waals surface area contributed by atoms with Gasteiger partial charge in [0.15, 0.2) is 0 Å². The summed E-state index contributed by atoms with van der Waals surface area (Å²) in [4.78, 5) is 2.46. The van der Waals surface area contributed by atoms with Crippen molar-refractivity contribution in [3.8, 4) is 0 Å². The highest BCUT2D eigenvalue weighted by Crippen LogP contribution is 2.36. The quantitative estimate of drug-likeness (QED) is 0.839. The van der Waals surface area contributed by atoms with Crippen LogP contribution in [-0.4, -0.2) is 19.1 Å². The molecule has 1 aliphatic heterocycles. The summed E-state index contributed by atoms with van der Waals surface area (Å²) < 4.78 is 1.18. The first-order valence-electron chi connectivity index (χ1n) is 5.49. The summed E-state index contributed by atoms with van der Waals surface area (Å²) in [6, 6.07) is 6.89. The van der Waals surface area contributed by atoms with Crippen molar-refractivity contribution in [2.45, 2.75) is 26.3 Å². The lowest BCUT2D eigenvalue weighted by molar-refractivity contribution is 0.671. The Balaban J connectivity index is 2.47. The molecule has 1 aromatic rings. The van der Waals surface area contributed by atoms with E-state index in [-0.39, 0.29) is 0 Å². The first-order valence-corrected chi connectivity index (χ1v) is 6.28. The third kappa shape index (κ3) is 2.12. The molecular weight excluding hydrogens is 252 g/mol. The fourth-order valence-electron chi connectivity index (χ4n) is 2.05. The number of hydrogen-bond acceptors (Lipinski definition) is 2. The molecule has 2 nitrogen and oxygen atoms in total. The maximum atomic E-state index is 3.64. The summed E-state index contributed by atoms with van der Waals surface area (Å²) in [5, 5.41) is 3.48. The van der Waals surface area contributed by atoms with Crippen molar-refractivity contribution in [2.75, 3.05) is 23.3 Å². The maximum Gasteiger partial charge on any atom is 0.0748 e. The van der Waals surface area contributed by atoms with Crippen LogP contribution in [0.1, 0.15) is 20.3 Å². The molecule has 15 heavy (non-hydrogen) atoms. The van der Waals surface area contributed by atoms with E-state index in [9.17, 15) is 0 Å². The predicted octanol–water partition coefficient (Wildman–Crippen LogP) is 3.48. The average Bonchev–Trinajstić information content (AvgIpc) is 2.40. The lowest BCUT2D eigenvalue weighted by Gasteiger charge is -2.29. The van der Waals surface area contributed by atoms with Crippen LogP contribution in [0.5, 0.6) is 0 Å². The molecule has 0 saturated heterocycles. The molecule has 0 atom stereocenters. The molecule has 0 aromatic heterocycles. The Hall–Kier alpha value is -0.700. The van der Waals surface area contributed by atoms with E-state index in [0.717, 1.165) is 13.1 Å². The average molecular weight is 269 g/mol. The van der Waals surface area contributed by atoms with Crippen molar-refractivity contribution in [2.24, 2.45) is 0 Å². The van der Waals surface area contributed by atoms with Crippen molar-refractivity contribution >= 4 is 27.3 Å². The number of halogens is 1. The highest BCUT2D eigenvalue weighted by Gasteiger charge is 2.19. The zero-order valence-electron chi connectivity index (χ0n) is 9.26. The molecule has 82 valence electrons. The van der Waals surface area contributed by atoms with Crippen LogP contribution in [0.4, 0.5) is 11.4 Å². The highest BCUT2D eigenvalue weighted by molar-refractivity contribution is 9.10. The first kappa shape index (κ1) is 10.8. The van der Waals surface area contributed by atoms with Gasteiger partial charge in [-0.3, -0.25) is 0 Å². The molecule has 3 heteroatoms. The topological polar surface area (TPSA) is 15.3 Å². The second-order valence-electron chi connectivity index (χ2n) is 4.20. The van der Waals surface area contributed by atoms with Crippen LogP contribution in [-0.2, 0) is 0 Å². The van der Waals surface area contributed by atoms with Gasteiger partial charge in [-0.1, -0.05) is 6.07 Å². The van der Waals surface area contributed by atoms with E-state index in [1.54, 1.807) is 0 Å². The van der Waals surface area contributed by atoms with Gasteiger partial charge in [0.1, 0.15) is 0 Å².